The van der Waals surface area contributed by atoms with Crippen molar-refractivity contribution in [1.82, 2.24) is 14.8 Å². The molecule has 9 heteroatoms. The van der Waals surface area contributed by atoms with Gasteiger partial charge in [0.05, 0.1) is 28.4 Å². The standard InChI is InChI=1S/C21H14F4N4O/c1-29-19-17(11-26-29)16(20(30)27-15-7-5-14(22)6-8-15)10-18(28-19)12-3-2-4-13(9-12)21(23,24)25/h2-11H,1H3,(H,27,30). The van der Waals surface area contributed by atoms with Crippen LogP contribution in [0.25, 0.3) is 22.3 Å². The fourth-order valence-electron chi connectivity index (χ4n) is 3.04. The van der Waals surface area contributed by atoms with Gasteiger partial charge in [0.2, 0.25) is 0 Å². The van der Waals surface area contributed by atoms with Crippen molar-refractivity contribution in [2.75, 3.05) is 5.32 Å². The highest BCUT2D eigenvalue weighted by Crippen LogP contribution is 2.33. The van der Waals surface area contributed by atoms with Crippen LogP contribution in [0.15, 0.2) is 60.8 Å². The number of pyridine rings is 1. The molecule has 2 heterocycles. The summed E-state index contributed by atoms with van der Waals surface area (Å²) in [6, 6.07) is 11.3. The predicted molar refractivity (Wildman–Crippen MR) is 103 cm³/mol. The van der Waals surface area contributed by atoms with Crippen molar-refractivity contribution in [3.63, 3.8) is 0 Å². The van der Waals surface area contributed by atoms with Gasteiger partial charge in [-0.2, -0.15) is 18.3 Å². The largest absolute Gasteiger partial charge is 0.416 e. The second kappa shape index (κ2) is 7.25. The number of hydrogen-bond donors (Lipinski definition) is 1. The van der Waals surface area contributed by atoms with Gasteiger partial charge in [-0.1, -0.05) is 12.1 Å². The zero-order chi connectivity index (χ0) is 21.5. The molecule has 0 unspecified atom stereocenters. The molecule has 0 atom stereocenters. The minimum Gasteiger partial charge on any atom is -0.322 e. The van der Waals surface area contributed by atoms with Crippen LogP contribution in [0.5, 0.6) is 0 Å². The van der Waals surface area contributed by atoms with Crippen molar-refractivity contribution in [2.45, 2.75) is 6.18 Å². The third-order valence-corrected chi connectivity index (χ3v) is 4.54. The molecule has 0 aliphatic heterocycles. The van der Waals surface area contributed by atoms with Gasteiger partial charge in [0.1, 0.15) is 5.82 Å². The molecule has 1 N–H and O–H groups in total. The molecule has 4 aromatic rings. The van der Waals surface area contributed by atoms with Crippen molar-refractivity contribution >= 4 is 22.6 Å². The maximum absolute atomic E-state index is 13.1. The normalized spacial score (nSPS) is 11.6. The molecule has 0 spiro atoms. The molecule has 30 heavy (non-hydrogen) atoms. The topological polar surface area (TPSA) is 59.8 Å². The highest BCUT2D eigenvalue weighted by atomic mass is 19.4. The summed E-state index contributed by atoms with van der Waals surface area (Å²) in [5.74, 6) is -0.964. The fraction of sp³-hybridized carbons (Fsp3) is 0.0952. The predicted octanol–water partition coefficient (Wildman–Crippen LogP) is 5.05. The summed E-state index contributed by atoms with van der Waals surface area (Å²) in [4.78, 5) is 17.3. The molecule has 0 bridgehead atoms. The molecule has 2 aromatic carbocycles. The van der Waals surface area contributed by atoms with Gasteiger partial charge in [0.15, 0.2) is 5.65 Å². The van der Waals surface area contributed by atoms with E-state index in [1.165, 1.54) is 53.3 Å². The average Bonchev–Trinajstić information content (AvgIpc) is 3.09. The number of rotatable bonds is 3. The number of benzene rings is 2. The number of amides is 1. The lowest BCUT2D eigenvalue weighted by Gasteiger charge is -2.11. The molecule has 152 valence electrons. The number of hydrogen-bond acceptors (Lipinski definition) is 3. The second-order valence-corrected chi connectivity index (χ2v) is 6.60. The van der Waals surface area contributed by atoms with E-state index in [-0.39, 0.29) is 16.8 Å². The van der Waals surface area contributed by atoms with Crippen molar-refractivity contribution < 1.29 is 22.4 Å². The van der Waals surface area contributed by atoms with Gasteiger partial charge < -0.3 is 5.32 Å². The summed E-state index contributed by atoms with van der Waals surface area (Å²) in [6.07, 6.45) is -3.05. The molecular weight excluding hydrogens is 400 g/mol. The number of aryl methyl sites for hydroxylation is 1. The lowest BCUT2D eigenvalue weighted by Crippen LogP contribution is -2.13. The molecule has 0 fully saturated rings. The first-order valence-corrected chi connectivity index (χ1v) is 8.80. The Morgan fingerprint density at radius 1 is 1.07 bits per heavy atom. The Balaban J connectivity index is 1.81. The number of aromatic nitrogens is 3. The molecule has 1 amide bonds. The summed E-state index contributed by atoms with van der Waals surface area (Å²) in [7, 11) is 1.62. The highest BCUT2D eigenvalue weighted by Gasteiger charge is 2.30. The first-order chi connectivity index (χ1) is 14.2. The number of nitrogens with zero attached hydrogens (tertiary/aromatic N) is 3. The summed E-state index contributed by atoms with van der Waals surface area (Å²) >= 11 is 0. The van der Waals surface area contributed by atoms with Gasteiger partial charge in [-0.3, -0.25) is 9.48 Å². The number of anilines is 1. The van der Waals surface area contributed by atoms with E-state index in [4.69, 9.17) is 0 Å². The highest BCUT2D eigenvalue weighted by molar-refractivity contribution is 6.12. The Morgan fingerprint density at radius 2 is 1.80 bits per heavy atom. The Morgan fingerprint density at radius 3 is 2.50 bits per heavy atom. The van der Waals surface area contributed by atoms with Crippen LogP contribution in [0.3, 0.4) is 0 Å². The molecule has 4 rings (SSSR count). The molecule has 0 radical (unpaired) electrons. The Hall–Kier alpha value is -3.75. The van der Waals surface area contributed by atoms with Crippen LogP contribution < -0.4 is 5.32 Å². The minimum atomic E-state index is -4.50. The van der Waals surface area contributed by atoms with Crippen LogP contribution >= 0.6 is 0 Å². The fourth-order valence-corrected chi connectivity index (χ4v) is 3.04. The first kappa shape index (κ1) is 19.6. The Labute approximate surface area is 168 Å². The maximum Gasteiger partial charge on any atom is 0.416 e. The van der Waals surface area contributed by atoms with Gasteiger partial charge in [-0.25, -0.2) is 9.37 Å². The SMILES string of the molecule is Cn1ncc2c(C(=O)Nc3ccc(F)cc3)cc(-c3cccc(C(F)(F)F)c3)nc21. The van der Waals surface area contributed by atoms with E-state index in [1.54, 1.807) is 7.05 Å². The number of fused-ring (bicyclic) bond motifs is 1. The van der Waals surface area contributed by atoms with Gasteiger partial charge in [-0.15, -0.1) is 0 Å². The van der Waals surface area contributed by atoms with E-state index in [0.717, 1.165) is 12.1 Å². The van der Waals surface area contributed by atoms with Crippen LogP contribution in [0, 0.1) is 5.82 Å². The molecule has 2 aromatic heterocycles. The number of alkyl halides is 3. The molecule has 0 saturated heterocycles. The number of carbonyl (C=O) groups is 1. The summed E-state index contributed by atoms with van der Waals surface area (Å²) in [5, 5.41) is 7.18. The Kier molecular flexibility index (Phi) is 4.73. The van der Waals surface area contributed by atoms with Gasteiger partial charge in [-0.05, 0) is 42.5 Å². The maximum atomic E-state index is 13.1. The van der Waals surface area contributed by atoms with Gasteiger partial charge in [0.25, 0.3) is 5.91 Å². The molecule has 0 aliphatic rings. The lowest BCUT2D eigenvalue weighted by molar-refractivity contribution is -0.137. The average molecular weight is 414 g/mol. The van der Waals surface area contributed by atoms with E-state index in [9.17, 15) is 22.4 Å². The summed E-state index contributed by atoms with van der Waals surface area (Å²) < 4.78 is 53.8. The first-order valence-electron chi connectivity index (χ1n) is 8.80. The zero-order valence-corrected chi connectivity index (χ0v) is 15.5. The Bertz CT molecular complexity index is 1250. The molecule has 0 aliphatic carbocycles. The van der Waals surface area contributed by atoms with E-state index < -0.39 is 23.5 Å². The van der Waals surface area contributed by atoms with Gasteiger partial charge in [0, 0.05) is 18.3 Å². The molecular formula is C21H14F4N4O. The number of nitrogens with one attached hydrogen (secondary N) is 1. The summed E-state index contributed by atoms with van der Waals surface area (Å²) in [6.45, 7) is 0. The van der Waals surface area contributed by atoms with Crippen LogP contribution in [-0.4, -0.2) is 20.7 Å². The van der Waals surface area contributed by atoms with Crippen molar-refractivity contribution in [1.29, 1.82) is 0 Å². The number of halogens is 4. The van der Waals surface area contributed by atoms with E-state index in [0.29, 0.717) is 16.7 Å². The minimum absolute atomic E-state index is 0.185. The number of carbonyl (C=O) groups excluding carboxylic acids is 1. The third kappa shape index (κ3) is 3.73. The van der Waals surface area contributed by atoms with Gasteiger partial charge >= 0.3 is 6.18 Å². The van der Waals surface area contributed by atoms with E-state index in [1.807, 2.05) is 0 Å². The van der Waals surface area contributed by atoms with Crippen LogP contribution in [0.4, 0.5) is 23.2 Å². The monoisotopic (exact) mass is 414 g/mol. The molecule has 0 saturated carbocycles. The zero-order valence-electron chi connectivity index (χ0n) is 15.5. The lowest BCUT2D eigenvalue weighted by atomic mass is 10.0. The van der Waals surface area contributed by atoms with Crippen LogP contribution in [0.1, 0.15) is 15.9 Å². The van der Waals surface area contributed by atoms with Crippen molar-refractivity contribution in [3.8, 4) is 11.3 Å². The third-order valence-electron chi connectivity index (χ3n) is 4.54. The van der Waals surface area contributed by atoms with Crippen LogP contribution in [-0.2, 0) is 13.2 Å². The van der Waals surface area contributed by atoms with Crippen molar-refractivity contribution in [3.05, 3.63) is 77.7 Å². The van der Waals surface area contributed by atoms with E-state index >= 15 is 0 Å². The molecule has 5 nitrogen and oxygen atoms in total. The van der Waals surface area contributed by atoms with Crippen LogP contribution in [0.2, 0.25) is 0 Å². The second-order valence-electron chi connectivity index (χ2n) is 6.60. The van der Waals surface area contributed by atoms with E-state index in [2.05, 4.69) is 15.4 Å². The smallest absolute Gasteiger partial charge is 0.322 e. The summed E-state index contributed by atoms with van der Waals surface area (Å²) in [5.41, 5.74) is 0.490. The quantitative estimate of drug-likeness (QED) is 0.478. The van der Waals surface area contributed by atoms with Crippen molar-refractivity contribution in [2.24, 2.45) is 7.05 Å².